The Bertz CT molecular complexity index is 759. The van der Waals surface area contributed by atoms with E-state index >= 15 is 0 Å². The highest BCUT2D eigenvalue weighted by molar-refractivity contribution is 7.93. The SMILES string of the molecule is Cc1ccc(S(=O)(=O)N(C#N)c2cccc(C)c2)cc1. The Labute approximate surface area is 118 Å². The van der Waals surface area contributed by atoms with Crippen LogP contribution in [0.3, 0.4) is 0 Å². The number of rotatable bonds is 3. The van der Waals surface area contributed by atoms with Crippen molar-refractivity contribution in [3.05, 3.63) is 59.7 Å². The molecule has 5 heteroatoms. The van der Waals surface area contributed by atoms with Crippen molar-refractivity contribution < 1.29 is 8.42 Å². The van der Waals surface area contributed by atoms with Crippen LogP contribution in [0.25, 0.3) is 0 Å². The van der Waals surface area contributed by atoms with Crippen LogP contribution in [0.1, 0.15) is 11.1 Å². The van der Waals surface area contributed by atoms with E-state index in [4.69, 9.17) is 0 Å². The van der Waals surface area contributed by atoms with E-state index in [2.05, 4.69) is 0 Å². The van der Waals surface area contributed by atoms with Gasteiger partial charge in [0.2, 0.25) is 0 Å². The van der Waals surface area contributed by atoms with Crippen LogP contribution >= 0.6 is 0 Å². The molecule has 0 bridgehead atoms. The summed E-state index contributed by atoms with van der Waals surface area (Å²) in [5.41, 5.74) is 2.19. The molecule has 20 heavy (non-hydrogen) atoms. The average molecular weight is 286 g/mol. The topological polar surface area (TPSA) is 61.2 Å². The quantitative estimate of drug-likeness (QED) is 0.643. The van der Waals surface area contributed by atoms with Crippen molar-refractivity contribution in [3.63, 3.8) is 0 Å². The summed E-state index contributed by atoms with van der Waals surface area (Å²) in [6.07, 6.45) is 1.74. The lowest BCUT2D eigenvalue weighted by atomic mass is 10.2. The summed E-state index contributed by atoms with van der Waals surface area (Å²) in [4.78, 5) is 0.103. The minimum Gasteiger partial charge on any atom is -0.200 e. The first-order valence-electron chi connectivity index (χ1n) is 6.03. The number of nitrogens with zero attached hydrogens (tertiary/aromatic N) is 2. The molecule has 0 heterocycles. The highest BCUT2D eigenvalue weighted by Crippen LogP contribution is 2.23. The van der Waals surface area contributed by atoms with Crippen molar-refractivity contribution in [2.75, 3.05) is 4.31 Å². The normalized spacial score (nSPS) is 10.8. The van der Waals surface area contributed by atoms with Gasteiger partial charge in [-0.2, -0.15) is 18.0 Å². The molecule has 2 aromatic rings. The highest BCUT2D eigenvalue weighted by Gasteiger charge is 2.24. The molecule has 0 unspecified atom stereocenters. The smallest absolute Gasteiger partial charge is 0.200 e. The summed E-state index contributed by atoms with van der Waals surface area (Å²) in [5.74, 6) is 0. The average Bonchev–Trinajstić information content (AvgIpc) is 2.40. The summed E-state index contributed by atoms with van der Waals surface area (Å²) in [6.45, 7) is 3.72. The van der Waals surface area contributed by atoms with E-state index in [1.54, 1.807) is 36.5 Å². The first-order chi connectivity index (χ1) is 9.45. The van der Waals surface area contributed by atoms with Gasteiger partial charge in [0.15, 0.2) is 6.19 Å². The number of aryl methyl sites for hydroxylation is 2. The van der Waals surface area contributed by atoms with E-state index in [1.165, 1.54) is 12.1 Å². The molecule has 2 aromatic carbocycles. The fourth-order valence-corrected chi connectivity index (χ4v) is 3.01. The summed E-state index contributed by atoms with van der Waals surface area (Å²) in [7, 11) is -3.87. The van der Waals surface area contributed by atoms with Gasteiger partial charge in [-0.3, -0.25) is 0 Å². The molecule has 0 aromatic heterocycles. The number of hydrogen-bond donors (Lipinski definition) is 0. The number of sulfonamides is 1. The van der Waals surface area contributed by atoms with Gasteiger partial charge in [0, 0.05) is 0 Å². The molecule has 0 aliphatic carbocycles. The minimum absolute atomic E-state index is 0.103. The molecule has 0 aliphatic rings. The van der Waals surface area contributed by atoms with Gasteiger partial charge >= 0.3 is 0 Å². The van der Waals surface area contributed by atoms with Gasteiger partial charge in [-0.05, 0) is 43.7 Å². The fourth-order valence-electron chi connectivity index (χ4n) is 1.82. The second-order valence-electron chi connectivity index (χ2n) is 4.52. The monoisotopic (exact) mass is 286 g/mol. The summed E-state index contributed by atoms with van der Waals surface area (Å²) >= 11 is 0. The van der Waals surface area contributed by atoms with Crippen molar-refractivity contribution in [1.29, 1.82) is 5.26 Å². The Morgan fingerprint density at radius 2 is 1.65 bits per heavy atom. The maximum Gasteiger partial charge on any atom is 0.276 e. The molecule has 0 spiro atoms. The number of hydrogen-bond acceptors (Lipinski definition) is 3. The maximum absolute atomic E-state index is 12.5. The van der Waals surface area contributed by atoms with E-state index in [0.717, 1.165) is 15.4 Å². The molecule has 4 nitrogen and oxygen atoms in total. The molecule has 0 N–H and O–H groups in total. The number of nitriles is 1. The molecule has 0 amide bonds. The third-order valence-corrected chi connectivity index (χ3v) is 4.53. The zero-order valence-electron chi connectivity index (χ0n) is 11.2. The molecular formula is C15H14N2O2S. The van der Waals surface area contributed by atoms with Gasteiger partial charge in [-0.25, -0.2) is 0 Å². The maximum atomic E-state index is 12.5. The van der Waals surface area contributed by atoms with Crippen LogP contribution < -0.4 is 4.31 Å². The van der Waals surface area contributed by atoms with Crippen molar-refractivity contribution in [3.8, 4) is 6.19 Å². The van der Waals surface area contributed by atoms with Gasteiger partial charge in [-0.15, -0.1) is 0 Å². The lowest BCUT2D eigenvalue weighted by Gasteiger charge is -2.16. The van der Waals surface area contributed by atoms with Crippen LogP contribution in [0, 0.1) is 25.3 Å². The standard InChI is InChI=1S/C15H14N2O2S/c1-12-6-8-15(9-7-12)20(18,19)17(11-16)14-5-3-4-13(2)10-14/h3-10H,1-2H3. The number of benzene rings is 2. The van der Waals surface area contributed by atoms with Crippen molar-refractivity contribution in [1.82, 2.24) is 0 Å². The molecule has 0 radical (unpaired) electrons. The molecule has 0 atom stereocenters. The second-order valence-corrected chi connectivity index (χ2v) is 6.31. The second kappa shape index (κ2) is 5.35. The number of anilines is 1. The van der Waals surface area contributed by atoms with E-state index in [0.29, 0.717) is 5.69 Å². The van der Waals surface area contributed by atoms with Gasteiger partial charge < -0.3 is 0 Å². The Kier molecular flexibility index (Phi) is 3.77. The third-order valence-electron chi connectivity index (χ3n) is 2.89. The lowest BCUT2D eigenvalue weighted by molar-refractivity contribution is 0.596. The highest BCUT2D eigenvalue weighted by atomic mass is 32.2. The van der Waals surface area contributed by atoms with Gasteiger partial charge in [0.25, 0.3) is 10.0 Å². The van der Waals surface area contributed by atoms with E-state index < -0.39 is 10.0 Å². The fraction of sp³-hybridized carbons (Fsp3) is 0.133. The molecular weight excluding hydrogens is 272 g/mol. The Morgan fingerprint density at radius 3 is 2.20 bits per heavy atom. The van der Waals surface area contributed by atoms with E-state index in [-0.39, 0.29) is 4.90 Å². The summed E-state index contributed by atoms with van der Waals surface area (Å²) in [5, 5.41) is 9.22. The Hall–Kier alpha value is -2.32. The van der Waals surface area contributed by atoms with Crippen LogP contribution in [-0.2, 0) is 10.0 Å². The van der Waals surface area contributed by atoms with E-state index in [9.17, 15) is 13.7 Å². The predicted molar refractivity (Wildman–Crippen MR) is 77.6 cm³/mol. The van der Waals surface area contributed by atoms with Crippen LogP contribution in [-0.4, -0.2) is 8.42 Å². The van der Waals surface area contributed by atoms with Crippen LogP contribution in [0.15, 0.2) is 53.4 Å². The van der Waals surface area contributed by atoms with Crippen molar-refractivity contribution in [2.24, 2.45) is 0 Å². The summed E-state index contributed by atoms with van der Waals surface area (Å²) < 4.78 is 25.7. The first kappa shape index (κ1) is 14.1. The first-order valence-corrected chi connectivity index (χ1v) is 7.47. The zero-order chi connectivity index (χ0) is 14.8. The molecule has 2 rings (SSSR count). The van der Waals surface area contributed by atoms with Crippen LogP contribution in [0.2, 0.25) is 0 Å². The van der Waals surface area contributed by atoms with Crippen molar-refractivity contribution in [2.45, 2.75) is 18.7 Å². The molecule has 102 valence electrons. The van der Waals surface area contributed by atoms with Gasteiger partial charge in [0.1, 0.15) is 0 Å². The minimum atomic E-state index is -3.87. The molecule has 0 saturated carbocycles. The molecule has 0 saturated heterocycles. The molecule has 0 fully saturated rings. The third kappa shape index (κ3) is 2.65. The van der Waals surface area contributed by atoms with Crippen LogP contribution in [0.5, 0.6) is 0 Å². The zero-order valence-corrected chi connectivity index (χ0v) is 12.1. The Balaban J connectivity index is 2.51. The largest absolute Gasteiger partial charge is 0.276 e. The predicted octanol–water partition coefficient (Wildman–Crippen LogP) is 2.98. The summed E-state index contributed by atoms with van der Waals surface area (Å²) in [6, 6.07) is 13.3. The van der Waals surface area contributed by atoms with Crippen LogP contribution in [0.4, 0.5) is 5.69 Å². The van der Waals surface area contributed by atoms with Gasteiger partial charge in [0.05, 0.1) is 10.6 Å². The molecule has 0 aliphatic heterocycles. The van der Waals surface area contributed by atoms with Gasteiger partial charge in [-0.1, -0.05) is 29.8 Å². The lowest BCUT2D eigenvalue weighted by Crippen LogP contribution is -2.26. The Morgan fingerprint density at radius 1 is 1.00 bits per heavy atom. The van der Waals surface area contributed by atoms with E-state index in [1.807, 2.05) is 19.9 Å². The van der Waals surface area contributed by atoms with Crippen molar-refractivity contribution >= 4 is 15.7 Å².